The third kappa shape index (κ3) is 4.56. The number of carboxylic acid groups (broad SMARTS) is 1. The van der Waals surface area contributed by atoms with E-state index in [0.29, 0.717) is 18.5 Å². The highest BCUT2D eigenvalue weighted by Gasteiger charge is 2.19. The number of rotatable bonds is 7. The van der Waals surface area contributed by atoms with Crippen LogP contribution in [0.2, 0.25) is 0 Å². The van der Waals surface area contributed by atoms with Crippen LogP contribution in [0.5, 0.6) is 0 Å². The van der Waals surface area contributed by atoms with Crippen molar-refractivity contribution in [3.63, 3.8) is 0 Å². The molecule has 0 aliphatic rings. The molecule has 1 rings (SSSR count). The zero-order chi connectivity index (χ0) is 16.9. The third-order valence-electron chi connectivity index (χ3n) is 3.36. The molecule has 7 heteroatoms. The second-order valence-electron chi connectivity index (χ2n) is 4.98. The molecule has 1 aromatic carbocycles. The summed E-state index contributed by atoms with van der Waals surface area (Å²) in [5.41, 5.74) is 0.914. The number of hydrogen-bond donors (Lipinski definition) is 1. The zero-order valence-electron chi connectivity index (χ0n) is 13.0. The highest BCUT2D eigenvalue weighted by molar-refractivity contribution is 7.90. The number of sulfone groups is 1. The first-order chi connectivity index (χ1) is 10.2. The minimum atomic E-state index is -3.42. The topological polar surface area (TPSA) is 91.8 Å². The largest absolute Gasteiger partial charge is 0.481 e. The molecule has 0 fully saturated rings. The Bertz CT molecular complexity index is 667. The smallest absolute Gasteiger partial charge is 0.305 e. The van der Waals surface area contributed by atoms with Crippen molar-refractivity contribution in [2.45, 2.75) is 31.6 Å². The van der Waals surface area contributed by atoms with Gasteiger partial charge in [-0.1, -0.05) is 13.0 Å². The molecule has 0 radical (unpaired) electrons. The summed E-state index contributed by atoms with van der Waals surface area (Å²) in [5, 5.41) is 8.71. The summed E-state index contributed by atoms with van der Waals surface area (Å²) in [5.74, 6) is -1.35. The summed E-state index contributed by atoms with van der Waals surface area (Å²) >= 11 is 0. The molecule has 0 aliphatic heterocycles. The second-order valence-corrected chi connectivity index (χ2v) is 6.96. The maximum atomic E-state index is 12.4. The highest BCUT2D eigenvalue weighted by atomic mass is 32.2. The molecule has 22 heavy (non-hydrogen) atoms. The summed E-state index contributed by atoms with van der Waals surface area (Å²) in [4.78, 5) is 24.6. The van der Waals surface area contributed by atoms with Crippen molar-refractivity contribution in [2.75, 3.05) is 19.3 Å². The van der Waals surface area contributed by atoms with Gasteiger partial charge in [0.05, 0.1) is 11.3 Å². The number of nitrogens with zero attached hydrogens (tertiary/aromatic N) is 1. The normalized spacial score (nSPS) is 11.2. The van der Waals surface area contributed by atoms with Crippen LogP contribution < -0.4 is 0 Å². The summed E-state index contributed by atoms with van der Waals surface area (Å²) in [6.45, 7) is 4.04. The monoisotopic (exact) mass is 327 g/mol. The van der Waals surface area contributed by atoms with Crippen LogP contribution in [0.1, 0.15) is 36.2 Å². The van der Waals surface area contributed by atoms with E-state index in [1.165, 1.54) is 11.0 Å². The molecular formula is C15H21NO5S. The van der Waals surface area contributed by atoms with E-state index in [9.17, 15) is 18.0 Å². The van der Waals surface area contributed by atoms with E-state index in [1.54, 1.807) is 19.1 Å². The van der Waals surface area contributed by atoms with Crippen molar-refractivity contribution in [1.82, 2.24) is 4.90 Å². The molecule has 0 atom stereocenters. The fraction of sp³-hybridized carbons (Fsp3) is 0.467. The highest BCUT2D eigenvalue weighted by Crippen LogP contribution is 2.19. The number of carboxylic acids is 1. The maximum Gasteiger partial charge on any atom is 0.305 e. The van der Waals surface area contributed by atoms with E-state index >= 15 is 0 Å². The Balaban J connectivity index is 3.15. The first-order valence-corrected chi connectivity index (χ1v) is 8.93. The van der Waals surface area contributed by atoms with Crippen LogP contribution in [0.15, 0.2) is 23.1 Å². The molecular weight excluding hydrogens is 306 g/mol. The van der Waals surface area contributed by atoms with Gasteiger partial charge in [0.15, 0.2) is 9.84 Å². The van der Waals surface area contributed by atoms with E-state index in [1.807, 2.05) is 6.92 Å². The number of carbonyl (C=O) groups excluding carboxylic acids is 1. The van der Waals surface area contributed by atoms with Gasteiger partial charge in [0.25, 0.3) is 5.91 Å². The van der Waals surface area contributed by atoms with Crippen molar-refractivity contribution in [2.24, 2.45) is 0 Å². The van der Waals surface area contributed by atoms with E-state index in [2.05, 4.69) is 0 Å². The van der Waals surface area contributed by atoms with Crippen LogP contribution in [0, 0.1) is 0 Å². The lowest BCUT2D eigenvalue weighted by Gasteiger charge is -2.20. The van der Waals surface area contributed by atoms with Crippen molar-refractivity contribution < 1.29 is 23.1 Å². The minimum absolute atomic E-state index is 0.0917. The van der Waals surface area contributed by atoms with Gasteiger partial charge in [0.2, 0.25) is 0 Å². The summed E-state index contributed by atoms with van der Waals surface area (Å²) < 4.78 is 23.7. The molecule has 1 amide bonds. The van der Waals surface area contributed by atoms with Crippen LogP contribution in [-0.4, -0.2) is 49.6 Å². The standard InChI is InChI=1S/C15H21NO5S/c1-4-11-6-7-12(10-13(11)22(3,20)21)15(19)16(5-2)9-8-14(17)18/h6-7,10H,4-5,8-9H2,1-3H3,(H,17,18). The zero-order valence-corrected chi connectivity index (χ0v) is 13.8. The summed E-state index contributed by atoms with van der Waals surface area (Å²) in [7, 11) is -3.42. The molecule has 0 bridgehead atoms. The van der Waals surface area contributed by atoms with Gasteiger partial charge in [0.1, 0.15) is 0 Å². The third-order valence-corrected chi connectivity index (χ3v) is 4.54. The van der Waals surface area contributed by atoms with Gasteiger partial charge in [-0.2, -0.15) is 0 Å². The summed E-state index contributed by atoms with van der Waals surface area (Å²) in [6.07, 6.45) is 1.51. The quantitative estimate of drug-likeness (QED) is 0.821. The molecule has 1 aromatic rings. The molecule has 0 aromatic heterocycles. The Morgan fingerprint density at radius 1 is 1.23 bits per heavy atom. The van der Waals surface area contributed by atoms with E-state index in [4.69, 9.17) is 5.11 Å². The second kappa shape index (κ2) is 7.40. The Morgan fingerprint density at radius 3 is 2.32 bits per heavy atom. The van der Waals surface area contributed by atoms with Gasteiger partial charge < -0.3 is 10.0 Å². The minimum Gasteiger partial charge on any atom is -0.481 e. The van der Waals surface area contributed by atoms with Gasteiger partial charge in [-0.15, -0.1) is 0 Å². The first kappa shape index (κ1) is 18.2. The molecule has 0 aliphatic carbocycles. The van der Waals surface area contributed by atoms with Crippen LogP contribution in [0.25, 0.3) is 0 Å². The number of benzene rings is 1. The first-order valence-electron chi connectivity index (χ1n) is 7.04. The van der Waals surface area contributed by atoms with Crippen LogP contribution in [0.4, 0.5) is 0 Å². The molecule has 0 saturated carbocycles. The van der Waals surface area contributed by atoms with Gasteiger partial charge in [-0.25, -0.2) is 8.42 Å². The van der Waals surface area contributed by atoms with E-state index < -0.39 is 15.8 Å². The molecule has 0 spiro atoms. The Kier molecular flexibility index (Phi) is 6.11. The lowest BCUT2D eigenvalue weighted by molar-refractivity contribution is -0.137. The van der Waals surface area contributed by atoms with E-state index in [-0.39, 0.29) is 29.3 Å². The SMILES string of the molecule is CCc1ccc(C(=O)N(CC)CCC(=O)O)cc1S(C)(=O)=O. The van der Waals surface area contributed by atoms with Gasteiger partial charge >= 0.3 is 5.97 Å². The van der Waals surface area contributed by atoms with Crippen LogP contribution >= 0.6 is 0 Å². The molecule has 122 valence electrons. The number of aryl methyl sites for hydroxylation is 1. The molecule has 1 N–H and O–H groups in total. The van der Waals surface area contributed by atoms with E-state index in [0.717, 1.165) is 6.26 Å². The van der Waals surface area contributed by atoms with Crippen LogP contribution in [0.3, 0.4) is 0 Å². The fourth-order valence-corrected chi connectivity index (χ4v) is 3.17. The van der Waals surface area contributed by atoms with Crippen molar-refractivity contribution in [1.29, 1.82) is 0 Å². The maximum absolute atomic E-state index is 12.4. The number of amides is 1. The summed E-state index contributed by atoms with van der Waals surface area (Å²) in [6, 6.07) is 4.59. The molecule has 0 heterocycles. The van der Waals surface area contributed by atoms with Gasteiger partial charge in [0, 0.05) is 24.9 Å². The number of hydrogen-bond acceptors (Lipinski definition) is 4. The van der Waals surface area contributed by atoms with Crippen molar-refractivity contribution >= 4 is 21.7 Å². The Morgan fingerprint density at radius 2 is 1.86 bits per heavy atom. The lowest BCUT2D eigenvalue weighted by atomic mass is 10.1. The van der Waals surface area contributed by atoms with Gasteiger partial charge in [-0.05, 0) is 31.0 Å². The molecule has 0 saturated heterocycles. The van der Waals surface area contributed by atoms with Crippen LogP contribution in [-0.2, 0) is 21.1 Å². The lowest BCUT2D eigenvalue weighted by Crippen LogP contribution is -2.33. The van der Waals surface area contributed by atoms with Crippen molar-refractivity contribution in [3.05, 3.63) is 29.3 Å². The Hall–Kier alpha value is -1.89. The van der Waals surface area contributed by atoms with Gasteiger partial charge in [-0.3, -0.25) is 9.59 Å². The number of carbonyl (C=O) groups is 2. The van der Waals surface area contributed by atoms with Crippen molar-refractivity contribution in [3.8, 4) is 0 Å². The Labute approximate surface area is 130 Å². The molecule has 0 unspecified atom stereocenters. The predicted molar refractivity (Wildman–Crippen MR) is 82.8 cm³/mol. The molecule has 6 nitrogen and oxygen atoms in total. The average molecular weight is 327 g/mol. The fourth-order valence-electron chi connectivity index (χ4n) is 2.14. The number of aliphatic carboxylic acids is 1. The average Bonchev–Trinajstić information content (AvgIpc) is 2.45. The predicted octanol–water partition coefficient (Wildman–Crippen LogP) is 1.59.